The van der Waals surface area contributed by atoms with Crippen molar-refractivity contribution in [2.75, 3.05) is 6.54 Å². The predicted octanol–water partition coefficient (Wildman–Crippen LogP) is 5.03. The number of halogens is 3. The van der Waals surface area contributed by atoms with E-state index >= 15 is 0 Å². The van der Waals surface area contributed by atoms with Gasteiger partial charge in [0.1, 0.15) is 0 Å². The van der Waals surface area contributed by atoms with Crippen LogP contribution in [0.3, 0.4) is 0 Å². The molecule has 3 unspecified atom stereocenters. The highest BCUT2D eigenvalue weighted by Crippen LogP contribution is 2.55. The highest BCUT2D eigenvalue weighted by molar-refractivity contribution is 5.84. The molecule has 176 valence electrons. The highest BCUT2D eigenvalue weighted by Gasteiger charge is 2.56. The molecule has 0 spiro atoms. The Labute approximate surface area is 192 Å². The molecule has 1 amide bonds. The van der Waals surface area contributed by atoms with Gasteiger partial charge in [-0.15, -0.1) is 0 Å². The molecule has 2 fully saturated rings. The first-order chi connectivity index (χ1) is 15.7. The second kappa shape index (κ2) is 8.42. The van der Waals surface area contributed by atoms with Crippen molar-refractivity contribution in [3.63, 3.8) is 0 Å². The monoisotopic (exact) mass is 457 g/mol. The van der Waals surface area contributed by atoms with Gasteiger partial charge < -0.3 is 10.2 Å². The fourth-order valence-corrected chi connectivity index (χ4v) is 6.18. The van der Waals surface area contributed by atoms with Gasteiger partial charge in [0, 0.05) is 44.0 Å². The van der Waals surface area contributed by atoms with Gasteiger partial charge in [-0.1, -0.05) is 36.2 Å². The zero-order chi connectivity index (χ0) is 23.2. The normalized spacial score (nSPS) is 26.8. The fourth-order valence-electron chi connectivity index (χ4n) is 6.18. The molecule has 1 aromatic carbocycles. The van der Waals surface area contributed by atoms with Crippen LogP contribution in [0.1, 0.15) is 60.1 Å². The molecule has 2 heterocycles. The first-order valence-electron chi connectivity index (χ1n) is 11.9. The van der Waals surface area contributed by atoms with Crippen LogP contribution >= 0.6 is 0 Å². The maximum atomic E-state index is 13.8. The molecule has 2 aromatic rings. The number of nitrogens with one attached hydrogen (secondary N) is 1. The van der Waals surface area contributed by atoms with Crippen LogP contribution in [0.25, 0.3) is 0 Å². The third-order valence-corrected chi connectivity index (χ3v) is 7.93. The molecule has 4 nitrogen and oxygen atoms in total. The third-order valence-electron chi connectivity index (χ3n) is 7.93. The molecule has 7 heteroatoms. The lowest BCUT2D eigenvalue weighted by atomic mass is 9.78. The van der Waals surface area contributed by atoms with Crippen molar-refractivity contribution in [2.45, 2.75) is 70.8 Å². The molecule has 0 saturated heterocycles. The maximum Gasteiger partial charge on any atom is 0.417 e. The van der Waals surface area contributed by atoms with Crippen LogP contribution < -0.4 is 5.32 Å². The van der Waals surface area contributed by atoms with Crippen LogP contribution in [-0.4, -0.2) is 28.4 Å². The van der Waals surface area contributed by atoms with Gasteiger partial charge in [0.15, 0.2) is 0 Å². The number of alkyl halides is 3. The quantitative estimate of drug-likeness (QED) is 0.700. The first kappa shape index (κ1) is 22.4. The van der Waals surface area contributed by atoms with E-state index in [9.17, 15) is 18.0 Å². The minimum absolute atomic E-state index is 0.132. The van der Waals surface area contributed by atoms with Crippen LogP contribution in [0.5, 0.6) is 0 Å². The van der Waals surface area contributed by atoms with Crippen molar-refractivity contribution >= 4 is 5.91 Å². The smallest absolute Gasteiger partial charge is 0.337 e. The molecule has 33 heavy (non-hydrogen) atoms. The number of fused-ring (bicyclic) bond motifs is 2. The van der Waals surface area contributed by atoms with E-state index in [4.69, 9.17) is 0 Å². The molecule has 2 saturated carbocycles. The molecule has 2 aliphatic carbocycles. The molecular formula is C26H30F3N3O. The summed E-state index contributed by atoms with van der Waals surface area (Å²) in [4.78, 5) is 19.6. The van der Waals surface area contributed by atoms with Gasteiger partial charge in [0.2, 0.25) is 5.91 Å². The number of carbonyl (C=O) groups is 1. The lowest BCUT2D eigenvalue weighted by Gasteiger charge is -2.37. The number of carbonyl (C=O) groups excluding carboxylic acids is 1. The molecule has 1 aromatic heterocycles. The standard InChI is InChI=1S/C26H30F3N3O/c1-17-4-6-18(7-5-17)14-30-22-12-20-3-2-9-25(20,13-22)24(33)32-10-8-23-19(16-32)11-21(15-31-23)26(27,28)29/h4-7,11,15,20,22,30H,2-3,8-10,12-14,16H2,1H3. The molecular weight excluding hydrogens is 427 g/mol. The minimum atomic E-state index is -4.43. The Morgan fingerprint density at radius 1 is 1.27 bits per heavy atom. The van der Waals surface area contributed by atoms with Gasteiger partial charge in [-0.05, 0) is 55.7 Å². The van der Waals surface area contributed by atoms with Crippen LogP contribution in [0.4, 0.5) is 13.2 Å². The lowest BCUT2D eigenvalue weighted by molar-refractivity contribution is -0.144. The molecule has 0 radical (unpaired) electrons. The van der Waals surface area contributed by atoms with E-state index in [1.807, 2.05) is 0 Å². The first-order valence-corrected chi connectivity index (χ1v) is 11.9. The second-order valence-corrected chi connectivity index (χ2v) is 10.1. The van der Waals surface area contributed by atoms with Crippen molar-refractivity contribution in [2.24, 2.45) is 11.3 Å². The van der Waals surface area contributed by atoms with Crippen molar-refractivity contribution in [1.29, 1.82) is 0 Å². The van der Waals surface area contributed by atoms with Crippen LogP contribution in [0.15, 0.2) is 36.5 Å². The van der Waals surface area contributed by atoms with Gasteiger partial charge in [0.05, 0.1) is 11.0 Å². The minimum Gasteiger partial charge on any atom is -0.337 e. The van der Waals surface area contributed by atoms with Gasteiger partial charge in [-0.3, -0.25) is 9.78 Å². The third kappa shape index (κ3) is 4.27. The van der Waals surface area contributed by atoms with Crippen molar-refractivity contribution < 1.29 is 18.0 Å². The predicted molar refractivity (Wildman–Crippen MR) is 119 cm³/mol. The molecule has 1 aliphatic heterocycles. The Hall–Kier alpha value is -2.41. The summed E-state index contributed by atoms with van der Waals surface area (Å²) < 4.78 is 39.5. The van der Waals surface area contributed by atoms with Crippen LogP contribution in [0.2, 0.25) is 0 Å². The number of benzene rings is 1. The molecule has 5 rings (SSSR count). The number of aromatic nitrogens is 1. The summed E-state index contributed by atoms with van der Waals surface area (Å²) in [5.41, 5.74) is 2.56. The number of aryl methyl sites for hydroxylation is 1. The maximum absolute atomic E-state index is 13.8. The number of hydrogen-bond donors (Lipinski definition) is 1. The summed E-state index contributed by atoms with van der Waals surface area (Å²) in [6.45, 7) is 3.61. The SMILES string of the molecule is Cc1ccc(CNC2CC3CCCC3(C(=O)N3CCc4ncc(C(F)(F)F)cc4C3)C2)cc1. The summed E-state index contributed by atoms with van der Waals surface area (Å²) in [6.07, 6.45) is 1.77. The molecule has 3 atom stereocenters. The summed E-state index contributed by atoms with van der Waals surface area (Å²) in [7, 11) is 0. The van der Waals surface area contributed by atoms with Crippen LogP contribution in [-0.2, 0) is 30.5 Å². The molecule has 0 bridgehead atoms. The van der Waals surface area contributed by atoms with Gasteiger partial charge >= 0.3 is 6.18 Å². The summed E-state index contributed by atoms with van der Waals surface area (Å²) in [5.74, 6) is 0.481. The van der Waals surface area contributed by atoms with Crippen molar-refractivity contribution in [3.05, 3.63) is 64.5 Å². The van der Waals surface area contributed by atoms with E-state index in [-0.39, 0.29) is 23.9 Å². The summed E-state index contributed by atoms with van der Waals surface area (Å²) >= 11 is 0. The van der Waals surface area contributed by atoms with E-state index in [1.54, 1.807) is 4.90 Å². The van der Waals surface area contributed by atoms with E-state index in [2.05, 4.69) is 41.5 Å². The summed E-state index contributed by atoms with van der Waals surface area (Å²) in [5, 5.41) is 3.66. The fraction of sp³-hybridized carbons (Fsp3) is 0.538. The highest BCUT2D eigenvalue weighted by atomic mass is 19.4. The second-order valence-electron chi connectivity index (χ2n) is 10.1. The Kier molecular flexibility index (Phi) is 5.71. The Morgan fingerprint density at radius 2 is 2.06 bits per heavy atom. The lowest BCUT2D eigenvalue weighted by Crippen LogP contribution is -2.46. The molecule has 3 aliphatic rings. The zero-order valence-corrected chi connectivity index (χ0v) is 18.9. The summed E-state index contributed by atoms with van der Waals surface area (Å²) in [6, 6.07) is 9.95. The zero-order valence-electron chi connectivity index (χ0n) is 18.9. The molecule has 1 N–H and O–H groups in total. The Balaban J connectivity index is 1.29. The van der Waals surface area contributed by atoms with Crippen molar-refractivity contribution in [1.82, 2.24) is 15.2 Å². The Bertz CT molecular complexity index is 1040. The Morgan fingerprint density at radius 3 is 2.82 bits per heavy atom. The van der Waals surface area contributed by atoms with E-state index in [0.29, 0.717) is 30.1 Å². The van der Waals surface area contributed by atoms with E-state index in [1.165, 1.54) is 17.2 Å². The van der Waals surface area contributed by atoms with Gasteiger partial charge in [-0.2, -0.15) is 13.2 Å². The average Bonchev–Trinajstić information content (AvgIpc) is 3.35. The largest absolute Gasteiger partial charge is 0.417 e. The number of nitrogens with zero attached hydrogens (tertiary/aromatic N) is 2. The van der Waals surface area contributed by atoms with Gasteiger partial charge in [-0.25, -0.2) is 0 Å². The number of rotatable bonds is 4. The van der Waals surface area contributed by atoms with Gasteiger partial charge in [0.25, 0.3) is 0 Å². The number of amides is 1. The average molecular weight is 458 g/mol. The number of hydrogen-bond acceptors (Lipinski definition) is 3. The van der Waals surface area contributed by atoms with Crippen molar-refractivity contribution in [3.8, 4) is 0 Å². The van der Waals surface area contributed by atoms with Crippen LogP contribution in [0, 0.1) is 18.3 Å². The van der Waals surface area contributed by atoms with E-state index in [0.717, 1.165) is 44.8 Å². The number of pyridine rings is 1. The van der Waals surface area contributed by atoms with E-state index < -0.39 is 11.7 Å². The topological polar surface area (TPSA) is 45.2 Å².